The van der Waals surface area contributed by atoms with E-state index in [4.69, 9.17) is 0 Å². The van der Waals surface area contributed by atoms with Gasteiger partial charge in [-0.1, -0.05) is 87.5 Å². The van der Waals surface area contributed by atoms with Crippen LogP contribution in [0, 0.1) is 20.8 Å². The van der Waals surface area contributed by atoms with E-state index in [0.717, 1.165) is 28.5 Å². The SMILES string of the molecule is Cc1cc(C(C)(C)C)ccc1-c1nnc(-c2ccccc2)n1-c1c(C)cccc1C. The van der Waals surface area contributed by atoms with Crippen LogP contribution in [0.25, 0.3) is 28.5 Å². The summed E-state index contributed by atoms with van der Waals surface area (Å²) >= 11 is 0. The Hall–Kier alpha value is -3.20. The summed E-state index contributed by atoms with van der Waals surface area (Å²) in [6, 6.07) is 23.4. The van der Waals surface area contributed by atoms with Gasteiger partial charge in [0.1, 0.15) is 0 Å². The summed E-state index contributed by atoms with van der Waals surface area (Å²) in [6.45, 7) is 13.2. The second-order valence-corrected chi connectivity index (χ2v) is 9.07. The van der Waals surface area contributed by atoms with E-state index in [-0.39, 0.29) is 5.41 Å². The van der Waals surface area contributed by atoms with Crippen LogP contribution < -0.4 is 0 Å². The number of benzene rings is 3. The second kappa shape index (κ2) is 7.56. The molecule has 1 heterocycles. The molecule has 0 aliphatic heterocycles. The van der Waals surface area contributed by atoms with E-state index in [2.05, 4.69) is 105 Å². The summed E-state index contributed by atoms with van der Waals surface area (Å²) in [5.74, 6) is 1.74. The van der Waals surface area contributed by atoms with Gasteiger partial charge in [-0.3, -0.25) is 4.57 Å². The van der Waals surface area contributed by atoms with Gasteiger partial charge >= 0.3 is 0 Å². The third-order valence-corrected chi connectivity index (χ3v) is 5.69. The average Bonchev–Trinajstić information content (AvgIpc) is 3.12. The van der Waals surface area contributed by atoms with E-state index in [1.165, 1.54) is 22.3 Å². The number of aryl methyl sites for hydroxylation is 3. The molecule has 152 valence electrons. The summed E-state index contributed by atoms with van der Waals surface area (Å²) < 4.78 is 2.22. The van der Waals surface area contributed by atoms with Crippen LogP contribution in [-0.2, 0) is 5.41 Å². The topological polar surface area (TPSA) is 30.7 Å². The molecule has 1 aromatic heterocycles. The summed E-state index contributed by atoms with van der Waals surface area (Å²) in [5, 5.41) is 9.33. The van der Waals surface area contributed by atoms with E-state index < -0.39 is 0 Å². The van der Waals surface area contributed by atoms with Gasteiger partial charge in [-0.2, -0.15) is 0 Å². The van der Waals surface area contributed by atoms with Crippen molar-refractivity contribution >= 4 is 0 Å². The standard InChI is InChI=1S/C27H29N3/c1-18-11-10-12-19(2)24(18)30-25(21-13-8-7-9-14-21)28-29-26(30)23-16-15-22(17-20(23)3)27(4,5)6/h7-17H,1-6H3. The molecule has 0 aliphatic rings. The van der Waals surface area contributed by atoms with Gasteiger partial charge in [0.25, 0.3) is 0 Å². The van der Waals surface area contributed by atoms with Crippen LogP contribution >= 0.6 is 0 Å². The molecule has 30 heavy (non-hydrogen) atoms. The Bertz CT molecular complexity index is 1170. The maximum absolute atomic E-state index is 4.69. The molecule has 0 radical (unpaired) electrons. The van der Waals surface area contributed by atoms with Crippen LogP contribution in [0.2, 0.25) is 0 Å². The fourth-order valence-electron chi connectivity index (χ4n) is 3.98. The molecular formula is C27H29N3. The van der Waals surface area contributed by atoms with Crippen molar-refractivity contribution in [2.24, 2.45) is 0 Å². The highest BCUT2D eigenvalue weighted by Crippen LogP contribution is 2.34. The first-order valence-electron chi connectivity index (χ1n) is 10.5. The molecule has 0 unspecified atom stereocenters. The molecule has 0 aliphatic carbocycles. The molecule has 0 bridgehead atoms. The number of aromatic nitrogens is 3. The Labute approximate surface area is 179 Å². The van der Waals surface area contributed by atoms with Gasteiger partial charge < -0.3 is 0 Å². The molecule has 0 atom stereocenters. The van der Waals surface area contributed by atoms with Crippen molar-refractivity contribution in [2.45, 2.75) is 47.0 Å². The Kier molecular flexibility index (Phi) is 5.07. The van der Waals surface area contributed by atoms with Gasteiger partial charge in [-0.15, -0.1) is 10.2 Å². The van der Waals surface area contributed by atoms with E-state index in [1.807, 2.05) is 18.2 Å². The van der Waals surface area contributed by atoms with Crippen molar-refractivity contribution in [3.63, 3.8) is 0 Å². The Balaban J connectivity index is 2.00. The minimum atomic E-state index is 0.110. The molecule has 0 saturated carbocycles. The van der Waals surface area contributed by atoms with Gasteiger partial charge in [0.15, 0.2) is 11.6 Å². The summed E-state index contributed by atoms with van der Waals surface area (Å²) in [6.07, 6.45) is 0. The van der Waals surface area contributed by atoms with Crippen LogP contribution in [0.5, 0.6) is 0 Å². The van der Waals surface area contributed by atoms with Crippen molar-refractivity contribution in [2.75, 3.05) is 0 Å². The lowest BCUT2D eigenvalue weighted by Crippen LogP contribution is -2.11. The highest BCUT2D eigenvalue weighted by molar-refractivity contribution is 5.70. The lowest BCUT2D eigenvalue weighted by molar-refractivity contribution is 0.590. The van der Waals surface area contributed by atoms with Crippen molar-refractivity contribution in [1.82, 2.24) is 14.8 Å². The fourth-order valence-corrected chi connectivity index (χ4v) is 3.98. The summed E-state index contributed by atoms with van der Waals surface area (Å²) in [4.78, 5) is 0. The average molecular weight is 396 g/mol. The molecule has 4 aromatic rings. The largest absolute Gasteiger partial charge is 0.274 e. The zero-order chi connectivity index (χ0) is 21.5. The molecule has 0 fully saturated rings. The van der Waals surface area contributed by atoms with Crippen LogP contribution in [-0.4, -0.2) is 14.8 Å². The molecule has 0 spiro atoms. The highest BCUT2D eigenvalue weighted by atomic mass is 15.3. The first-order valence-corrected chi connectivity index (χ1v) is 10.5. The lowest BCUT2D eigenvalue weighted by atomic mass is 9.85. The monoisotopic (exact) mass is 395 g/mol. The fraction of sp³-hybridized carbons (Fsp3) is 0.259. The molecule has 0 amide bonds. The molecule has 0 N–H and O–H groups in total. The summed E-state index contributed by atoms with van der Waals surface area (Å²) in [5.41, 5.74) is 8.37. The van der Waals surface area contributed by atoms with E-state index in [1.54, 1.807) is 0 Å². The number of para-hydroxylation sites is 1. The van der Waals surface area contributed by atoms with Crippen LogP contribution in [0.4, 0.5) is 0 Å². The van der Waals surface area contributed by atoms with Crippen LogP contribution in [0.1, 0.15) is 43.0 Å². The van der Waals surface area contributed by atoms with Crippen molar-refractivity contribution < 1.29 is 0 Å². The molecule has 3 heteroatoms. The third kappa shape index (κ3) is 3.56. The van der Waals surface area contributed by atoms with Gasteiger partial charge in [0, 0.05) is 11.1 Å². The second-order valence-electron chi connectivity index (χ2n) is 9.07. The predicted octanol–water partition coefficient (Wildman–Crippen LogP) is 6.82. The molecule has 3 nitrogen and oxygen atoms in total. The van der Waals surface area contributed by atoms with Gasteiger partial charge in [-0.25, -0.2) is 0 Å². The zero-order valence-electron chi connectivity index (χ0n) is 18.7. The van der Waals surface area contributed by atoms with Gasteiger partial charge in [-0.05, 0) is 48.4 Å². The number of hydrogen-bond donors (Lipinski definition) is 0. The van der Waals surface area contributed by atoms with E-state index in [0.29, 0.717) is 0 Å². The van der Waals surface area contributed by atoms with Crippen LogP contribution in [0.15, 0.2) is 66.7 Å². The molecule has 3 aromatic carbocycles. The Morgan fingerprint density at radius 1 is 0.667 bits per heavy atom. The molecule has 0 saturated heterocycles. The Morgan fingerprint density at radius 3 is 1.90 bits per heavy atom. The molecular weight excluding hydrogens is 366 g/mol. The van der Waals surface area contributed by atoms with Gasteiger partial charge in [0.2, 0.25) is 0 Å². The maximum Gasteiger partial charge on any atom is 0.169 e. The Morgan fingerprint density at radius 2 is 1.30 bits per heavy atom. The van der Waals surface area contributed by atoms with Crippen molar-refractivity contribution in [3.8, 4) is 28.5 Å². The van der Waals surface area contributed by atoms with E-state index in [9.17, 15) is 0 Å². The predicted molar refractivity (Wildman–Crippen MR) is 125 cm³/mol. The highest BCUT2D eigenvalue weighted by Gasteiger charge is 2.22. The summed E-state index contributed by atoms with van der Waals surface area (Å²) in [7, 11) is 0. The van der Waals surface area contributed by atoms with Gasteiger partial charge in [0.05, 0.1) is 5.69 Å². The number of rotatable bonds is 3. The van der Waals surface area contributed by atoms with Crippen LogP contribution in [0.3, 0.4) is 0 Å². The minimum absolute atomic E-state index is 0.110. The zero-order valence-corrected chi connectivity index (χ0v) is 18.7. The molecule has 4 rings (SSSR count). The lowest BCUT2D eigenvalue weighted by Gasteiger charge is -2.21. The first-order chi connectivity index (χ1) is 14.3. The minimum Gasteiger partial charge on any atom is -0.274 e. The normalized spacial score (nSPS) is 11.7. The smallest absolute Gasteiger partial charge is 0.169 e. The van der Waals surface area contributed by atoms with Crippen molar-refractivity contribution in [3.05, 3.63) is 89.0 Å². The third-order valence-electron chi connectivity index (χ3n) is 5.69. The quantitative estimate of drug-likeness (QED) is 0.381. The van der Waals surface area contributed by atoms with E-state index >= 15 is 0 Å². The maximum atomic E-state index is 4.69. The first kappa shape index (κ1) is 20.1. The number of nitrogens with zero attached hydrogens (tertiary/aromatic N) is 3. The van der Waals surface area contributed by atoms with Crippen molar-refractivity contribution in [1.29, 1.82) is 0 Å². The number of hydrogen-bond acceptors (Lipinski definition) is 2.